The van der Waals surface area contributed by atoms with Gasteiger partial charge in [-0.05, 0) is 67.6 Å². The molecule has 1 amide bonds. The fraction of sp³-hybridized carbons (Fsp3) is 0.720. The van der Waals surface area contributed by atoms with Gasteiger partial charge in [0.1, 0.15) is 12.4 Å². The second-order valence-electron chi connectivity index (χ2n) is 9.97. The Bertz CT molecular complexity index is 722. The first-order chi connectivity index (χ1) is 14.5. The molecule has 3 aliphatic rings. The van der Waals surface area contributed by atoms with E-state index in [-0.39, 0.29) is 6.61 Å². The number of carbonyl (C=O) groups excluding carboxylic acids is 1. The molecule has 0 aliphatic carbocycles. The van der Waals surface area contributed by atoms with Gasteiger partial charge in [0.2, 0.25) is 5.91 Å². The summed E-state index contributed by atoms with van der Waals surface area (Å²) in [4.78, 5) is 17.9. The fourth-order valence-corrected chi connectivity index (χ4v) is 6.03. The van der Waals surface area contributed by atoms with Crippen molar-refractivity contribution in [1.29, 1.82) is 0 Å². The van der Waals surface area contributed by atoms with Gasteiger partial charge in [-0.25, -0.2) is 0 Å². The smallest absolute Gasteiger partial charge is 0.223 e. The van der Waals surface area contributed by atoms with E-state index in [0.29, 0.717) is 42.4 Å². The number of benzene rings is 1. The molecule has 0 spiro atoms. The lowest BCUT2D eigenvalue weighted by atomic mass is 9.70. The highest BCUT2D eigenvalue weighted by Gasteiger charge is 2.48. The van der Waals surface area contributed by atoms with Crippen LogP contribution in [0.25, 0.3) is 0 Å². The summed E-state index contributed by atoms with van der Waals surface area (Å²) in [6.45, 7) is 8.05. The maximum absolute atomic E-state index is 12.9. The third-order valence-electron chi connectivity index (χ3n) is 7.28. The Balaban J connectivity index is 1.48. The van der Waals surface area contributed by atoms with Crippen molar-refractivity contribution in [3.63, 3.8) is 0 Å². The van der Waals surface area contributed by atoms with Gasteiger partial charge in [0.05, 0.1) is 6.61 Å². The molecule has 3 saturated heterocycles. The van der Waals surface area contributed by atoms with Gasteiger partial charge in [0.25, 0.3) is 0 Å². The number of carbonyl (C=O) groups is 1. The number of aliphatic hydroxyl groups excluding tert-OH is 1. The second-order valence-corrected chi connectivity index (χ2v) is 9.97. The van der Waals surface area contributed by atoms with E-state index in [1.54, 1.807) is 0 Å². The Labute approximate surface area is 181 Å². The lowest BCUT2D eigenvalue weighted by Gasteiger charge is -2.57. The van der Waals surface area contributed by atoms with Crippen molar-refractivity contribution in [3.8, 4) is 5.75 Å². The van der Waals surface area contributed by atoms with Crippen molar-refractivity contribution < 1.29 is 14.6 Å². The van der Waals surface area contributed by atoms with E-state index < -0.39 is 0 Å². The van der Waals surface area contributed by atoms with Crippen molar-refractivity contribution in [2.75, 3.05) is 26.3 Å². The summed E-state index contributed by atoms with van der Waals surface area (Å²) >= 11 is 0. The normalized spacial score (nSPS) is 29.2. The molecule has 1 aromatic rings. The number of rotatable bonds is 8. The van der Waals surface area contributed by atoms with E-state index in [9.17, 15) is 4.79 Å². The molecule has 3 aliphatic heterocycles. The van der Waals surface area contributed by atoms with Crippen LogP contribution in [0.4, 0.5) is 0 Å². The number of ether oxygens (including phenoxy) is 1. The van der Waals surface area contributed by atoms with Gasteiger partial charge in [0, 0.05) is 38.1 Å². The Morgan fingerprint density at radius 2 is 2.07 bits per heavy atom. The molecule has 0 aromatic heterocycles. The molecular formula is C25H38N2O3. The third-order valence-corrected chi connectivity index (χ3v) is 7.28. The van der Waals surface area contributed by atoms with E-state index in [2.05, 4.69) is 35.8 Å². The summed E-state index contributed by atoms with van der Waals surface area (Å²) in [7, 11) is 0. The lowest BCUT2D eigenvalue weighted by Crippen LogP contribution is -2.64. The average molecular weight is 415 g/mol. The molecule has 5 heteroatoms. The predicted molar refractivity (Wildman–Crippen MR) is 118 cm³/mol. The quantitative estimate of drug-likeness (QED) is 0.705. The first kappa shape index (κ1) is 21.6. The summed E-state index contributed by atoms with van der Waals surface area (Å²) in [5.74, 6) is 3.13. The Hall–Kier alpha value is -1.59. The van der Waals surface area contributed by atoms with Crippen LogP contribution in [-0.4, -0.2) is 59.2 Å². The molecule has 4 rings (SSSR count). The maximum atomic E-state index is 12.9. The monoisotopic (exact) mass is 414 g/mol. The third kappa shape index (κ3) is 4.83. The molecule has 3 fully saturated rings. The highest BCUT2D eigenvalue weighted by atomic mass is 16.5. The molecule has 1 N–H and O–H groups in total. The van der Waals surface area contributed by atoms with Gasteiger partial charge >= 0.3 is 0 Å². The number of hydrogen-bond acceptors (Lipinski definition) is 4. The first-order valence-corrected chi connectivity index (χ1v) is 11.9. The van der Waals surface area contributed by atoms with Crippen molar-refractivity contribution in [3.05, 3.63) is 29.8 Å². The SMILES string of the molecule is CC(C)CC[C@H]1[C@H]2C[C@H](CN(Cc3cccc(OCCO)c3)C2)[C@@H]2CCCC(=O)N21. The minimum Gasteiger partial charge on any atom is -0.491 e. The standard InChI is InChI=1S/C25H38N2O3/c1-18(2)9-10-24-21-14-20(23-7-4-8-25(29)27(23)24)16-26(17-21)15-19-5-3-6-22(13-19)30-12-11-28/h3,5-6,13,18,20-21,23-24,28H,4,7-12,14-17H2,1-2H3/t20-,21+,23+,24+/m1/s1. The van der Waals surface area contributed by atoms with Crippen LogP contribution in [0.1, 0.15) is 57.9 Å². The number of aliphatic hydroxyl groups is 1. The second kappa shape index (κ2) is 9.69. The van der Waals surface area contributed by atoms with Gasteiger partial charge in [-0.3, -0.25) is 9.69 Å². The van der Waals surface area contributed by atoms with Crippen LogP contribution >= 0.6 is 0 Å². The largest absolute Gasteiger partial charge is 0.491 e. The first-order valence-electron chi connectivity index (χ1n) is 11.9. The zero-order chi connectivity index (χ0) is 21.1. The summed E-state index contributed by atoms with van der Waals surface area (Å²) in [6, 6.07) is 9.14. The molecule has 0 unspecified atom stereocenters. The van der Waals surface area contributed by atoms with Crippen LogP contribution in [0.2, 0.25) is 0 Å². The predicted octanol–water partition coefficient (Wildman–Crippen LogP) is 3.70. The summed E-state index contributed by atoms with van der Waals surface area (Å²) in [5, 5.41) is 9.00. The van der Waals surface area contributed by atoms with Crippen LogP contribution in [0.5, 0.6) is 5.75 Å². The summed E-state index contributed by atoms with van der Waals surface area (Å²) < 4.78 is 5.60. The number of likely N-dealkylation sites (tertiary alicyclic amines) is 1. The molecule has 166 valence electrons. The molecule has 0 saturated carbocycles. The molecule has 30 heavy (non-hydrogen) atoms. The van der Waals surface area contributed by atoms with E-state index in [1.807, 2.05) is 12.1 Å². The van der Waals surface area contributed by atoms with E-state index >= 15 is 0 Å². The molecule has 3 heterocycles. The van der Waals surface area contributed by atoms with Crippen LogP contribution in [-0.2, 0) is 11.3 Å². The van der Waals surface area contributed by atoms with E-state index in [1.165, 1.54) is 24.8 Å². The van der Waals surface area contributed by atoms with Crippen LogP contribution < -0.4 is 4.74 Å². The highest BCUT2D eigenvalue weighted by Crippen LogP contribution is 2.43. The Morgan fingerprint density at radius 1 is 1.23 bits per heavy atom. The van der Waals surface area contributed by atoms with Gasteiger partial charge < -0.3 is 14.7 Å². The highest BCUT2D eigenvalue weighted by molar-refractivity contribution is 5.78. The number of hydrogen-bond donors (Lipinski definition) is 1. The van der Waals surface area contributed by atoms with Crippen molar-refractivity contribution in [1.82, 2.24) is 9.80 Å². The van der Waals surface area contributed by atoms with Crippen molar-refractivity contribution in [2.45, 2.75) is 71.0 Å². The minimum absolute atomic E-state index is 0.0358. The molecule has 5 nitrogen and oxygen atoms in total. The van der Waals surface area contributed by atoms with E-state index in [4.69, 9.17) is 9.84 Å². The fourth-order valence-electron chi connectivity index (χ4n) is 6.03. The summed E-state index contributed by atoms with van der Waals surface area (Å²) in [6.07, 6.45) is 6.62. The number of nitrogens with zero attached hydrogens (tertiary/aromatic N) is 2. The Morgan fingerprint density at radius 3 is 2.87 bits per heavy atom. The van der Waals surface area contributed by atoms with Crippen LogP contribution in [0, 0.1) is 17.8 Å². The maximum Gasteiger partial charge on any atom is 0.223 e. The van der Waals surface area contributed by atoms with E-state index in [0.717, 1.165) is 44.6 Å². The molecular weight excluding hydrogens is 376 g/mol. The van der Waals surface area contributed by atoms with Gasteiger partial charge in [-0.2, -0.15) is 0 Å². The van der Waals surface area contributed by atoms with Gasteiger partial charge in [-0.15, -0.1) is 0 Å². The summed E-state index contributed by atoms with van der Waals surface area (Å²) in [5.41, 5.74) is 1.26. The number of fused-ring (bicyclic) bond motifs is 4. The van der Waals surface area contributed by atoms with Crippen LogP contribution in [0.15, 0.2) is 24.3 Å². The average Bonchev–Trinajstić information content (AvgIpc) is 2.72. The van der Waals surface area contributed by atoms with Gasteiger partial charge in [0.15, 0.2) is 0 Å². The van der Waals surface area contributed by atoms with Crippen LogP contribution in [0.3, 0.4) is 0 Å². The Kier molecular flexibility index (Phi) is 6.99. The zero-order valence-electron chi connectivity index (χ0n) is 18.6. The lowest BCUT2D eigenvalue weighted by molar-refractivity contribution is -0.153. The number of amides is 1. The minimum atomic E-state index is 0.0358. The van der Waals surface area contributed by atoms with Crippen molar-refractivity contribution >= 4 is 5.91 Å². The molecule has 1 aromatic carbocycles. The molecule has 0 radical (unpaired) electrons. The van der Waals surface area contributed by atoms with Crippen molar-refractivity contribution in [2.24, 2.45) is 17.8 Å². The topological polar surface area (TPSA) is 53.0 Å². The molecule has 2 bridgehead atoms. The van der Waals surface area contributed by atoms with Gasteiger partial charge in [-0.1, -0.05) is 26.0 Å². The molecule has 4 atom stereocenters. The zero-order valence-corrected chi connectivity index (χ0v) is 18.6. The number of piperidine rings is 3.